The van der Waals surface area contributed by atoms with Gasteiger partial charge >= 0.3 is 5.97 Å². The lowest BCUT2D eigenvalue weighted by Crippen LogP contribution is -2.44. The van der Waals surface area contributed by atoms with Gasteiger partial charge in [-0.15, -0.1) is 0 Å². The summed E-state index contributed by atoms with van der Waals surface area (Å²) in [6.45, 7) is 22.5. The number of benzene rings is 2. The second kappa shape index (κ2) is 9.41. The minimum atomic E-state index is -1.98. The molecule has 0 saturated heterocycles. The van der Waals surface area contributed by atoms with E-state index in [4.69, 9.17) is 13.9 Å². The highest BCUT2D eigenvalue weighted by molar-refractivity contribution is 6.74. The fraction of sp³-hybridized carbons (Fsp3) is 0.552. The van der Waals surface area contributed by atoms with Crippen molar-refractivity contribution in [1.29, 1.82) is 0 Å². The summed E-state index contributed by atoms with van der Waals surface area (Å²) in [4.78, 5) is 12.3. The van der Waals surface area contributed by atoms with Gasteiger partial charge < -0.3 is 13.9 Å². The first-order valence-corrected chi connectivity index (χ1v) is 15.4. The number of hydrogen-bond acceptors (Lipinski definition) is 4. The van der Waals surface area contributed by atoms with Gasteiger partial charge in [0.05, 0.1) is 12.2 Å². The molecule has 4 nitrogen and oxygen atoms in total. The molecule has 0 amide bonds. The molecule has 1 unspecified atom stereocenters. The van der Waals surface area contributed by atoms with Gasteiger partial charge in [-0.25, -0.2) is 4.79 Å². The number of carbonyl (C=O) groups excluding carboxylic acids is 1. The third kappa shape index (κ3) is 4.90. The molecule has 0 saturated carbocycles. The van der Waals surface area contributed by atoms with Crippen LogP contribution < -0.4 is 9.16 Å². The largest absolute Gasteiger partial charge is 0.543 e. The van der Waals surface area contributed by atoms with E-state index < -0.39 is 13.9 Å². The van der Waals surface area contributed by atoms with Gasteiger partial charge in [0.25, 0.3) is 8.32 Å². The summed E-state index contributed by atoms with van der Waals surface area (Å²) < 4.78 is 18.8. The zero-order chi connectivity index (χ0) is 25.5. The highest BCUT2D eigenvalue weighted by Gasteiger charge is 2.43. The Bertz CT molecular complexity index is 1060. The second-order valence-corrected chi connectivity index (χ2v) is 16.2. The maximum atomic E-state index is 12.3. The Labute approximate surface area is 207 Å². The van der Waals surface area contributed by atoms with Crippen LogP contribution in [0.1, 0.15) is 85.6 Å². The zero-order valence-electron chi connectivity index (χ0n) is 22.8. The van der Waals surface area contributed by atoms with Crippen LogP contribution in [-0.2, 0) is 16.8 Å². The summed E-state index contributed by atoms with van der Waals surface area (Å²) in [6, 6.07) is 7.68. The Kier molecular flexibility index (Phi) is 7.29. The topological polar surface area (TPSA) is 44.8 Å². The minimum Gasteiger partial charge on any atom is -0.543 e. The number of carbonyl (C=O) groups is 1. The molecule has 1 aliphatic heterocycles. The van der Waals surface area contributed by atoms with Crippen LogP contribution in [0.15, 0.2) is 24.3 Å². The van der Waals surface area contributed by atoms with Crippen molar-refractivity contribution in [2.45, 2.75) is 98.4 Å². The summed E-state index contributed by atoms with van der Waals surface area (Å²) >= 11 is 0. The van der Waals surface area contributed by atoms with E-state index in [0.29, 0.717) is 12.2 Å². The predicted octanol–water partition coefficient (Wildman–Crippen LogP) is 7.80. The van der Waals surface area contributed by atoms with Crippen LogP contribution >= 0.6 is 0 Å². The van der Waals surface area contributed by atoms with E-state index in [1.807, 2.05) is 24.3 Å². The second-order valence-electron chi connectivity index (χ2n) is 11.5. The maximum Gasteiger partial charge on any atom is 0.338 e. The van der Waals surface area contributed by atoms with Gasteiger partial charge in [-0.2, -0.15) is 0 Å². The summed E-state index contributed by atoms with van der Waals surface area (Å²) in [5, 5.41) is 0.128. The SMILES string of the molecule is CCCCOC(=O)c1ccc(C2(C)Cc3c(C)c(O[Si](C)(C)C(C)(C)C)c(C)c(C)c3O2)cc1. The van der Waals surface area contributed by atoms with Gasteiger partial charge in [0.1, 0.15) is 17.1 Å². The predicted molar refractivity (Wildman–Crippen MR) is 142 cm³/mol. The quantitative estimate of drug-likeness (QED) is 0.229. The number of ether oxygens (including phenoxy) is 2. The van der Waals surface area contributed by atoms with Crippen molar-refractivity contribution in [1.82, 2.24) is 0 Å². The molecule has 0 fully saturated rings. The fourth-order valence-electron chi connectivity index (χ4n) is 4.18. The van der Waals surface area contributed by atoms with Gasteiger partial charge in [-0.05, 0) is 86.6 Å². The average molecular weight is 483 g/mol. The molecular weight excluding hydrogens is 440 g/mol. The molecule has 34 heavy (non-hydrogen) atoms. The lowest BCUT2D eigenvalue weighted by molar-refractivity contribution is 0.0499. The van der Waals surface area contributed by atoms with Crippen LogP contribution in [0.5, 0.6) is 11.5 Å². The van der Waals surface area contributed by atoms with E-state index in [1.165, 1.54) is 11.1 Å². The molecular formula is C29H42O4Si. The van der Waals surface area contributed by atoms with Crippen molar-refractivity contribution >= 4 is 14.3 Å². The highest BCUT2D eigenvalue weighted by atomic mass is 28.4. The molecule has 5 heteroatoms. The standard InChI is InChI=1S/C29H42O4Si/c1-11-12-17-31-27(30)22-13-15-23(16-14-22)29(8)18-24-21(4)25(19(2)20(3)26(24)32-29)33-34(9,10)28(5,6)7/h13-16H,11-12,17-18H2,1-10H3. The van der Waals surface area contributed by atoms with Crippen molar-refractivity contribution in [3.63, 3.8) is 0 Å². The molecule has 1 atom stereocenters. The molecule has 0 aliphatic carbocycles. The van der Waals surface area contributed by atoms with E-state index in [2.05, 4.69) is 68.5 Å². The maximum absolute atomic E-state index is 12.3. The van der Waals surface area contributed by atoms with E-state index in [9.17, 15) is 4.79 Å². The van der Waals surface area contributed by atoms with Crippen LogP contribution in [0.2, 0.25) is 18.1 Å². The first kappa shape index (κ1) is 26.3. The third-order valence-electron chi connectivity index (χ3n) is 7.78. The first-order valence-electron chi connectivity index (χ1n) is 12.5. The third-order valence-corrected chi connectivity index (χ3v) is 12.1. The van der Waals surface area contributed by atoms with E-state index in [1.54, 1.807) is 0 Å². The van der Waals surface area contributed by atoms with Crippen molar-refractivity contribution in [2.24, 2.45) is 0 Å². The summed E-state index contributed by atoms with van der Waals surface area (Å²) in [6.07, 6.45) is 2.65. The Morgan fingerprint density at radius 2 is 1.68 bits per heavy atom. The molecule has 2 aromatic rings. The first-order chi connectivity index (χ1) is 15.7. The Morgan fingerprint density at radius 1 is 1.06 bits per heavy atom. The summed E-state index contributed by atoms with van der Waals surface area (Å²) in [5.74, 6) is 1.74. The number of rotatable bonds is 7. The molecule has 0 aromatic heterocycles. The van der Waals surface area contributed by atoms with Crippen molar-refractivity contribution in [2.75, 3.05) is 6.61 Å². The molecule has 0 N–H and O–H groups in total. The zero-order valence-corrected chi connectivity index (χ0v) is 23.8. The van der Waals surface area contributed by atoms with Crippen LogP contribution in [0.4, 0.5) is 0 Å². The Hall–Kier alpha value is -2.27. The molecule has 0 bridgehead atoms. The monoisotopic (exact) mass is 482 g/mol. The van der Waals surface area contributed by atoms with Crippen molar-refractivity contribution in [3.05, 3.63) is 57.6 Å². The van der Waals surface area contributed by atoms with Gasteiger partial charge in [-0.3, -0.25) is 0 Å². The number of esters is 1. The van der Waals surface area contributed by atoms with Crippen LogP contribution in [0.3, 0.4) is 0 Å². The van der Waals surface area contributed by atoms with Gasteiger partial charge in [0.2, 0.25) is 0 Å². The van der Waals surface area contributed by atoms with E-state index >= 15 is 0 Å². The van der Waals surface area contributed by atoms with Crippen molar-refractivity contribution < 1.29 is 18.7 Å². The van der Waals surface area contributed by atoms with Crippen LogP contribution in [0.25, 0.3) is 0 Å². The fourth-order valence-corrected chi connectivity index (χ4v) is 5.30. The van der Waals surface area contributed by atoms with Gasteiger partial charge in [0, 0.05) is 12.0 Å². The molecule has 2 aromatic carbocycles. The molecule has 1 aliphatic rings. The Morgan fingerprint density at radius 3 is 2.24 bits per heavy atom. The molecule has 0 radical (unpaired) electrons. The average Bonchev–Trinajstić information content (AvgIpc) is 3.14. The number of unbranched alkanes of at least 4 members (excludes halogenated alkanes) is 1. The minimum absolute atomic E-state index is 0.128. The lowest BCUT2D eigenvalue weighted by atomic mass is 9.88. The molecule has 3 rings (SSSR count). The molecule has 1 heterocycles. The Balaban J connectivity index is 1.90. The number of fused-ring (bicyclic) bond motifs is 1. The summed E-state index contributed by atoms with van der Waals surface area (Å²) in [7, 11) is -1.98. The van der Waals surface area contributed by atoms with E-state index in [0.717, 1.165) is 47.5 Å². The highest BCUT2D eigenvalue weighted by Crippen LogP contribution is 2.50. The molecule has 186 valence electrons. The summed E-state index contributed by atoms with van der Waals surface area (Å²) in [5.41, 5.74) is 5.85. The van der Waals surface area contributed by atoms with Gasteiger partial charge in [0.15, 0.2) is 0 Å². The number of hydrogen-bond donors (Lipinski definition) is 0. The van der Waals surface area contributed by atoms with E-state index in [-0.39, 0.29) is 11.0 Å². The normalized spacial score (nSPS) is 17.8. The van der Waals surface area contributed by atoms with Gasteiger partial charge in [-0.1, -0.05) is 46.2 Å². The lowest BCUT2D eigenvalue weighted by Gasteiger charge is -2.38. The van der Waals surface area contributed by atoms with Crippen LogP contribution in [0, 0.1) is 20.8 Å². The van der Waals surface area contributed by atoms with Crippen LogP contribution in [-0.4, -0.2) is 20.9 Å². The van der Waals surface area contributed by atoms with Crippen molar-refractivity contribution in [3.8, 4) is 11.5 Å². The molecule has 0 spiro atoms. The smallest absolute Gasteiger partial charge is 0.338 e.